The first kappa shape index (κ1) is 17.2. The zero-order valence-electron chi connectivity index (χ0n) is 15.0. The third kappa shape index (κ3) is 3.28. The first-order valence-electron chi connectivity index (χ1n) is 8.59. The van der Waals surface area contributed by atoms with E-state index in [0.29, 0.717) is 23.9 Å². The van der Waals surface area contributed by atoms with Crippen molar-refractivity contribution >= 4 is 11.6 Å². The fraction of sp³-hybridized carbons (Fsp3) is 0.250. The highest BCUT2D eigenvalue weighted by molar-refractivity contribution is 5.96. The van der Waals surface area contributed by atoms with Gasteiger partial charge in [-0.15, -0.1) is 0 Å². The molecule has 27 heavy (non-hydrogen) atoms. The second kappa shape index (κ2) is 6.83. The third-order valence-electron chi connectivity index (χ3n) is 4.73. The van der Waals surface area contributed by atoms with Crippen molar-refractivity contribution in [2.24, 2.45) is 0 Å². The Morgan fingerprint density at radius 3 is 2.70 bits per heavy atom. The summed E-state index contributed by atoms with van der Waals surface area (Å²) in [5, 5.41) is 4.08. The van der Waals surface area contributed by atoms with Crippen LogP contribution in [0, 0.1) is 12.7 Å². The van der Waals surface area contributed by atoms with Gasteiger partial charge in [0.15, 0.2) is 5.82 Å². The summed E-state index contributed by atoms with van der Waals surface area (Å²) in [5.74, 6) is 1.13. The lowest BCUT2D eigenvalue weighted by Gasteiger charge is -2.15. The van der Waals surface area contributed by atoms with Crippen molar-refractivity contribution in [3.8, 4) is 17.2 Å². The number of ether oxygens (including phenoxy) is 1. The molecule has 0 saturated carbocycles. The lowest BCUT2D eigenvalue weighted by atomic mass is 10.1. The second-order valence-corrected chi connectivity index (χ2v) is 6.52. The Kier molecular flexibility index (Phi) is 4.35. The number of carbonyl (C=O) groups is 1. The number of aromatic nitrogens is 2. The molecule has 0 spiro atoms. The van der Waals surface area contributed by atoms with Crippen molar-refractivity contribution < 1.29 is 18.4 Å². The molecule has 1 amide bonds. The molecule has 0 aliphatic carbocycles. The minimum atomic E-state index is -0.334. The molecule has 0 unspecified atom stereocenters. The van der Waals surface area contributed by atoms with Crippen LogP contribution >= 0.6 is 0 Å². The van der Waals surface area contributed by atoms with Crippen LogP contribution in [0.3, 0.4) is 0 Å². The minimum Gasteiger partial charge on any atom is -0.497 e. The molecule has 1 saturated heterocycles. The van der Waals surface area contributed by atoms with Crippen LogP contribution in [-0.2, 0) is 4.79 Å². The number of benzene rings is 2. The van der Waals surface area contributed by atoms with Gasteiger partial charge in [-0.1, -0.05) is 5.16 Å². The molecule has 6 nitrogen and oxygen atoms in total. The van der Waals surface area contributed by atoms with Gasteiger partial charge in [0.25, 0.3) is 5.89 Å². The van der Waals surface area contributed by atoms with E-state index in [4.69, 9.17) is 9.26 Å². The summed E-state index contributed by atoms with van der Waals surface area (Å²) >= 11 is 0. The lowest BCUT2D eigenvalue weighted by molar-refractivity contribution is -0.117. The minimum absolute atomic E-state index is 0.0430. The number of methoxy groups -OCH3 is 1. The molecule has 7 heteroatoms. The van der Waals surface area contributed by atoms with Crippen LogP contribution in [0.2, 0.25) is 0 Å². The van der Waals surface area contributed by atoms with Gasteiger partial charge in [-0.2, -0.15) is 4.98 Å². The number of rotatable bonds is 4. The molecule has 0 radical (unpaired) electrons. The molecule has 3 aromatic rings. The van der Waals surface area contributed by atoms with Crippen LogP contribution in [0.1, 0.15) is 23.7 Å². The number of anilines is 1. The summed E-state index contributed by atoms with van der Waals surface area (Å²) in [7, 11) is 1.61. The highest BCUT2D eigenvalue weighted by atomic mass is 19.1. The van der Waals surface area contributed by atoms with Crippen LogP contribution in [-0.4, -0.2) is 29.7 Å². The smallest absolute Gasteiger partial charge is 0.258 e. The highest BCUT2D eigenvalue weighted by Gasteiger charge is 2.34. The summed E-state index contributed by atoms with van der Waals surface area (Å²) in [6, 6.07) is 11.5. The van der Waals surface area contributed by atoms with Crippen LogP contribution in [0.5, 0.6) is 5.75 Å². The monoisotopic (exact) mass is 367 g/mol. The van der Waals surface area contributed by atoms with E-state index in [1.807, 2.05) is 25.1 Å². The summed E-state index contributed by atoms with van der Waals surface area (Å²) in [6.45, 7) is 2.38. The van der Waals surface area contributed by atoms with Crippen molar-refractivity contribution in [2.75, 3.05) is 18.6 Å². The standard InChI is InChI=1S/C20H18FN3O3/c1-12-9-16(26-2)7-8-17(12)20-22-19(23-27-20)13-10-18(25)24(11-13)15-5-3-14(21)4-6-15/h3-9,13H,10-11H2,1-2H3/t13-/m0/s1. The Hall–Kier alpha value is -3.22. The fourth-order valence-corrected chi connectivity index (χ4v) is 3.26. The van der Waals surface area contributed by atoms with Crippen molar-refractivity contribution in [2.45, 2.75) is 19.3 Å². The summed E-state index contributed by atoms with van der Waals surface area (Å²) in [4.78, 5) is 18.5. The van der Waals surface area contributed by atoms with E-state index in [1.54, 1.807) is 24.1 Å². The van der Waals surface area contributed by atoms with Gasteiger partial charge in [-0.05, 0) is 55.0 Å². The first-order valence-corrected chi connectivity index (χ1v) is 8.59. The van der Waals surface area contributed by atoms with Gasteiger partial charge in [0.1, 0.15) is 11.6 Å². The highest BCUT2D eigenvalue weighted by Crippen LogP contribution is 2.32. The van der Waals surface area contributed by atoms with Crippen molar-refractivity contribution in [1.82, 2.24) is 10.1 Å². The van der Waals surface area contributed by atoms with Crippen LogP contribution in [0.25, 0.3) is 11.5 Å². The van der Waals surface area contributed by atoms with E-state index in [-0.39, 0.29) is 24.1 Å². The van der Waals surface area contributed by atoms with Gasteiger partial charge in [0, 0.05) is 30.1 Å². The van der Waals surface area contributed by atoms with E-state index in [9.17, 15) is 9.18 Å². The molecule has 1 fully saturated rings. The van der Waals surface area contributed by atoms with Crippen LogP contribution in [0.15, 0.2) is 47.0 Å². The summed E-state index contributed by atoms with van der Waals surface area (Å²) in [5.41, 5.74) is 2.45. The van der Waals surface area contributed by atoms with E-state index < -0.39 is 0 Å². The predicted molar refractivity (Wildman–Crippen MR) is 97.1 cm³/mol. The van der Waals surface area contributed by atoms with Gasteiger partial charge < -0.3 is 14.2 Å². The first-order chi connectivity index (χ1) is 13.0. The van der Waals surface area contributed by atoms with E-state index >= 15 is 0 Å². The molecular formula is C20H18FN3O3. The van der Waals surface area contributed by atoms with E-state index in [0.717, 1.165) is 16.9 Å². The molecule has 2 aromatic carbocycles. The Morgan fingerprint density at radius 1 is 1.22 bits per heavy atom. The number of hydrogen-bond donors (Lipinski definition) is 0. The largest absolute Gasteiger partial charge is 0.497 e. The number of nitrogens with zero attached hydrogens (tertiary/aromatic N) is 3. The third-order valence-corrected chi connectivity index (χ3v) is 4.73. The van der Waals surface area contributed by atoms with Crippen molar-refractivity contribution in [3.63, 3.8) is 0 Å². The molecular weight excluding hydrogens is 349 g/mol. The second-order valence-electron chi connectivity index (χ2n) is 6.52. The van der Waals surface area contributed by atoms with Crippen molar-refractivity contribution in [3.05, 3.63) is 59.7 Å². The zero-order valence-corrected chi connectivity index (χ0v) is 15.0. The molecule has 0 bridgehead atoms. The summed E-state index contributed by atoms with van der Waals surface area (Å²) < 4.78 is 23.8. The number of halogens is 1. The van der Waals surface area contributed by atoms with Crippen molar-refractivity contribution in [1.29, 1.82) is 0 Å². The van der Waals surface area contributed by atoms with Crippen LogP contribution < -0.4 is 9.64 Å². The number of carbonyl (C=O) groups excluding carboxylic acids is 1. The van der Waals surface area contributed by atoms with Gasteiger partial charge in [0.05, 0.1) is 7.11 Å². The average Bonchev–Trinajstić information content (AvgIpc) is 3.29. The number of aryl methyl sites for hydroxylation is 1. The maximum Gasteiger partial charge on any atom is 0.258 e. The Bertz CT molecular complexity index is 984. The van der Waals surface area contributed by atoms with Gasteiger partial charge in [0.2, 0.25) is 5.91 Å². The van der Waals surface area contributed by atoms with Crippen LogP contribution in [0.4, 0.5) is 10.1 Å². The average molecular weight is 367 g/mol. The fourth-order valence-electron chi connectivity index (χ4n) is 3.26. The molecule has 0 N–H and O–H groups in total. The number of amides is 1. The maximum atomic E-state index is 13.1. The lowest BCUT2D eigenvalue weighted by Crippen LogP contribution is -2.24. The SMILES string of the molecule is COc1ccc(-c2nc([C@H]3CC(=O)N(c4ccc(F)cc4)C3)no2)c(C)c1. The Labute approximate surface area is 155 Å². The molecule has 2 heterocycles. The van der Waals surface area contributed by atoms with Gasteiger partial charge in [-0.25, -0.2) is 4.39 Å². The van der Waals surface area contributed by atoms with Gasteiger partial charge >= 0.3 is 0 Å². The Morgan fingerprint density at radius 2 is 2.00 bits per heavy atom. The normalized spacial score (nSPS) is 16.8. The quantitative estimate of drug-likeness (QED) is 0.703. The maximum absolute atomic E-state index is 13.1. The number of hydrogen-bond acceptors (Lipinski definition) is 5. The molecule has 4 rings (SSSR count). The molecule has 1 aromatic heterocycles. The molecule has 138 valence electrons. The van der Waals surface area contributed by atoms with E-state index in [2.05, 4.69) is 10.1 Å². The molecule has 1 atom stereocenters. The topological polar surface area (TPSA) is 68.5 Å². The molecule has 1 aliphatic rings. The zero-order chi connectivity index (χ0) is 19.0. The van der Waals surface area contributed by atoms with E-state index in [1.165, 1.54) is 12.1 Å². The molecule has 1 aliphatic heterocycles. The van der Waals surface area contributed by atoms with Gasteiger partial charge in [-0.3, -0.25) is 4.79 Å². The Balaban J connectivity index is 1.55. The predicted octanol–water partition coefficient (Wildman–Crippen LogP) is 3.71. The summed E-state index contributed by atoms with van der Waals surface area (Å²) in [6.07, 6.45) is 0.290.